The molecule has 0 bridgehead atoms. The van der Waals surface area contributed by atoms with E-state index in [1.54, 1.807) is 31.3 Å². The second-order valence-corrected chi connectivity index (χ2v) is 9.43. The largest absolute Gasteiger partial charge is 0.379 e. The Kier molecular flexibility index (Phi) is 9.21. The summed E-state index contributed by atoms with van der Waals surface area (Å²) in [4.78, 5) is 7.10. The van der Waals surface area contributed by atoms with Gasteiger partial charge >= 0.3 is 0 Å². The fraction of sp³-hybridized carbons (Fsp3) is 0.650. The van der Waals surface area contributed by atoms with Crippen LogP contribution < -0.4 is 10.6 Å². The summed E-state index contributed by atoms with van der Waals surface area (Å²) in [6, 6.07) is 8.99. The van der Waals surface area contributed by atoms with Crippen LogP contribution in [-0.2, 0) is 14.6 Å². The van der Waals surface area contributed by atoms with Gasteiger partial charge in [-0.3, -0.25) is 9.89 Å². The zero-order valence-electron chi connectivity index (χ0n) is 17.2. The van der Waals surface area contributed by atoms with Gasteiger partial charge in [0.25, 0.3) is 0 Å². The molecule has 0 aromatic heterocycles. The summed E-state index contributed by atoms with van der Waals surface area (Å²) in [7, 11) is -1.50. The minimum atomic E-state index is -3.24. The average molecular weight is 411 g/mol. The van der Waals surface area contributed by atoms with Crippen molar-refractivity contribution in [3.8, 4) is 0 Å². The highest BCUT2D eigenvalue weighted by molar-refractivity contribution is 7.91. The van der Waals surface area contributed by atoms with E-state index in [0.717, 1.165) is 32.8 Å². The molecular formula is C20H34N4O3S. The SMILES string of the molecule is CN=C(NCCCS(=O)(=O)c1ccccc1)NCC(C(C)C)N1CCOCC1. The van der Waals surface area contributed by atoms with Crippen molar-refractivity contribution in [3.63, 3.8) is 0 Å². The average Bonchev–Trinajstić information content (AvgIpc) is 2.71. The summed E-state index contributed by atoms with van der Waals surface area (Å²) >= 11 is 0. The zero-order chi connectivity index (χ0) is 20.4. The summed E-state index contributed by atoms with van der Waals surface area (Å²) in [5.41, 5.74) is 0. The van der Waals surface area contributed by atoms with Crippen LogP contribution >= 0.6 is 0 Å². The van der Waals surface area contributed by atoms with Crippen LogP contribution in [0.5, 0.6) is 0 Å². The van der Waals surface area contributed by atoms with Crippen LogP contribution in [0.2, 0.25) is 0 Å². The highest BCUT2D eigenvalue weighted by Crippen LogP contribution is 2.12. The van der Waals surface area contributed by atoms with E-state index in [4.69, 9.17) is 4.74 Å². The predicted octanol–water partition coefficient (Wildman–Crippen LogP) is 1.37. The van der Waals surface area contributed by atoms with Gasteiger partial charge in [-0.25, -0.2) is 8.42 Å². The van der Waals surface area contributed by atoms with Crippen molar-refractivity contribution < 1.29 is 13.2 Å². The fourth-order valence-electron chi connectivity index (χ4n) is 3.33. The summed E-state index contributed by atoms with van der Waals surface area (Å²) in [6.45, 7) is 9.27. The van der Waals surface area contributed by atoms with E-state index in [1.807, 2.05) is 6.07 Å². The molecule has 1 atom stereocenters. The van der Waals surface area contributed by atoms with Gasteiger partial charge in [0.1, 0.15) is 0 Å². The summed E-state index contributed by atoms with van der Waals surface area (Å²) < 4.78 is 30.1. The van der Waals surface area contributed by atoms with Gasteiger partial charge in [-0.05, 0) is 24.5 Å². The lowest BCUT2D eigenvalue weighted by atomic mass is 10.0. The Hall–Kier alpha value is -1.64. The number of guanidine groups is 1. The van der Waals surface area contributed by atoms with Crippen LogP contribution in [0.4, 0.5) is 0 Å². The minimum absolute atomic E-state index is 0.114. The van der Waals surface area contributed by atoms with Gasteiger partial charge < -0.3 is 15.4 Å². The number of sulfone groups is 1. The van der Waals surface area contributed by atoms with E-state index in [0.29, 0.717) is 35.8 Å². The summed E-state index contributed by atoms with van der Waals surface area (Å²) in [5, 5.41) is 6.61. The Morgan fingerprint density at radius 3 is 2.46 bits per heavy atom. The third-order valence-electron chi connectivity index (χ3n) is 4.97. The Morgan fingerprint density at radius 2 is 1.86 bits per heavy atom. The number of aliphatic imine (C=N–C) groups is 1. The third kappa shape index (κ3) is 7.07. The van der Waals surface area contributed by atoms with Crippen molar-refractivity contribution in [2.45, 2.75) is 31.2 Å². The molecule has 1 aromatic rings. The summed E-state index contributed by atoms with van der Waals surface area (Å²) in [5.74, 6) is 1.33. The molecule has 1 unspecified atom stereocenters. The monoisotopic (exact) mass is 410 g/mol. The van der Waals surface area contributed by atoms with Crippen molar-refractivity contribution in [2.75, 3.05) is 52.2 Å². The number of morpholine rings is 1. The molecule has 28 heavy (non-hydrogen) atoms. The number of ether oxygens (including phenoxy) is 1. The first kappa shape index (κ1) is 22.6. The molecule has 0 radical (unpaired) electrons. The van der Waals surface area contributed by atoms with Gasteiger partial charge in [0.15, 0.2) is 15.8 Å². The quantitative estimate of drug-likeness (QED) is 0.364. The van der Waals surface area contributed by atoms with Crippen LogP contribution in [0.25, 0.3) is 0 Å². The minimum Gasteiger partial charge on any atom is -0.379 e. The molecule has 2 rings (SSSR count). The van der Waals surface area contributed by atoms with Crippen molar-refractivity contribution >= 4 is 15.8 Å². The molecule has 1 aliphatic heterocycles. The highest BCUT2D eigenvalue weighted by atomic mass is 32.2. The van der Waals surface area contributed by atoms with Gasteiger partial charge in [0.05, 0.1) is 23.9 Å². The van der Waals surface area contributed by atoms with Crippen LogP contribution in [-0.4, -0.2) is 77.5 Å². The number of rotatable bonds is 9. The van der Waals surface area contributed by atoms with Gasteiger partial charge in [-0.15, -0.1) is 0 Å². The van der Waals surface area contributed by atoms with E-state index in [9.17, 15) is 8.42 Å². The van der Waals surface area contributed by atoms with Crippen molar-refractivity contribution in [2.24, 2.45) is 10.9 Å². The Labute approximate surface area is 169 Å². The van der Waals surface area contributed by atoms with Gasteiger partial charge in [-0.1, -0.05) is 32.0 Å². The number of hydrogen-bond donors (Lipinski definition) is 2. The maximum atomic E-state index is 12.3. The van der Waals surface area contributed by atoms with E-state index in [1.165, 1.54) is 0 Å². The van der Waals surface area contributed by atoms with Gasteiger partial charge in [-0.2, -0.15) is 0 Å². The molecular weight excluding hydrogens is 376 g/mol. The molecule has 1 aliphatic rings. The lowest BCUT2D eigenvalue weighted by Crippen LogP contribution is -2.52. The summed E-state index contributed by atoms with van der Waals surface area (Å²) in [6.07, 6.45) is 0.523. The zero-order valence-corrected chi connectivity index (χ0v) is 18.0. The molecule has 1 fully saturated rings. The van der Waals surface area contributed by atoms with Crippen molar-refractivity contribution in [3.05, 3.63) is 30.3 Å². The second kappa shape index (κ2) is 11.4. The Morgan fingerprint density at radius 1 is 1.18 bits per heavy atom. The van der Waals surface area contributed by atoms with E-state index in [2.05, 4.69) is 34.4 Å². The number of nitrogens with zero attached hydrogens (tertiary/aromatic N) is 2. The first-order valence-electron chi connectivity index (χ1n) is 9.98. The molecule has 1 saturated heterocycles. The molecule has 8 heteroatoms. The van der Waals surface area contributed by atoms with Gasteiger partial charge in [0.2, 0.25) is 0 Å². The lowest BCUT2D eigenvalue weighted by molar-refractivity contribution is 0.00752. The molecule has 7 nitrogen and oxygen atoms in total. The van der Waals surface area contributed by atoms with E-state index >= 15 is 0 Å². The molecule has 158 valence electrons. The topological polar surface area (TPSA) is 83.0 Å². The van der Waals surface area contributed by atoms with Crippen LogP contribution in [0, 0.1) is 5.92 Å². The highest BCUT2D eigenvalue weighted by Gasteiger charge is 2.23. The number of hydrogen-bond acceptors (Lipinski definition) is 5. The molecule has 0 amide bonds. The smallest absolute Gasteiger partial charge is 0.191 e. The maximum absolute atomic E-state index is 12.3. The second-order valence-electron chi connectivity index (χ2n) is 7.33. The predicted molar refractivity (Wildman–Crippen MR) is 113 cm³/mol. The third-order valence-corrected chi connectivity index (χ3v) is 6.79. The Bertz CT molecular complexity index is 701. The standard InChI is InChI=1S/C20H34N4O3S/c1-17(2)19(24-11-13-27-14-12-24)16-23-20(21-3)22-10-7-15-28(25,26)18-8-5-4-6-9-18/h4-6,8-9,17,19H,7,10-16H2,1-3H3,(H2,21,22,23). The number of nitrogens with one attached hydrogen (secondary N) is 2. The van der Waals surface area contributed by atoms with Crippen LogP contribution in [0.15, 0.2) is 40.2 Å². The van der Waals surface area contributed by atoms with E-state index < -0.39 is 9.84 Å². The van der Waals surface area contributed by atoms with E-state index in [-0.39, 0.29) is 5.75 Å². The lowest BCUT2D eigenvalue weighted by Gasteiger charge is -2.37. The first-order valence-corrected chi connectivity index (χ1v) is 11.6. The molecule has 0 saturated carbocycles. The number of benzene rings is 1. The molecule has 2 N–H and O–H groups in total. The van der Waals surface area contributed by atoms with Crippen LogP contribution in [0.3, 0.4) is 0 Å². The molecule has 0 aliphatic carbocycles. The fourth-order valence-corrected chi connectivity index (χ4v) is 4.66. The maximum Gasteiger partial charge on any atom is 0.191 e. The van der Waals surface area contributed by atoms with Crippen molar-refractivity contribution in [1.29, 1.82) is 0 Å². The molecule has 0 spiro atoms. The van der Waals surface area contributed by atoms with Crippen LogP contribution in [0.1, 0.15) is 20.3 Å². The molecule has 1 heterocycles. The Balaban J connectivity index is 1.76. The normalized spacial score (nSPS) is 17.5. The first-order chi connectivity index (χ1) is 13.4. The van der Waals surface area contributed by atoms with Gasteiger partial charge in [0, 0.05) is 39.3 Å². The molecule has 1 aromatic carbocycles. The van der Waals surface area contributed by atoms with Crippen molar-refractivity contribution in [1.82, 2.24) is 15.5 Å².